The van der Waals surface area contributed by atoms with Gasteiger partial charge in [0.2, 0.25) is 0 Å². The Morgan fingerprint density at radius 3 is 2.21 bits per heavy atom. The third kappa shape index (κ3) is 3.14. The van der Waals surface area contributed by atoms with Crippen molar-refractivity contribution in [3.8, 4) is 0 Å². The average Bonchev–Trinajstić information content (AvgIpc) is 2.38. The molecule has 2 rings (SSSR count). The van der Waals surface area contributed by atoms with Crippen molar-refractivity contribution in [3.05, 3.63) is 46.3 Å². The van der Waals surface area contributed by atoms with Crippen LogP contribution in [-0.2, 0) is 6.61 Å². The number of benzene rings is 1. The molecular formula is C15H18N2OS. The minimum atomic E-state index is 0.0744. The van der Waals surface area contributed by atoms with Gasteiger partial charge < -0.3 is 5.11 Å². The zero-order valence-electron chi connectivity index (χ0n) is 11.7. The highest BCUT2D eigenvalue weighted by molar-refractivity contribution is 7.99. The lowest BCUT2D eigenvalue weighted by Gasteiger charge is -2.09. The fourth-order valence-corrected chi connectivity index (χ4v) is 2.73. The summed E-state index contributed by atoms with van der Waals surface area (Å²) in [6.45, 7) is 8.17. The maximum absolute atomic E-state index is 9.11. The highest BCUT2D eigenvalue weighted by Crippen LogP contribution is 2.29. The van der Waals surface area contributed by atoms with Crippen molar-refractivity contribution in [2.75, 3.05) is 0 Å². The van der Waals surface area contributed by atoms with Gasteiger partial charge in [-0.3, -0.25) is 0 Å². The van der Waals surface area contributed by atoms with E-state index in [-0.39, 0.29) is 6.61 Å². The second-order valence-corrected chi connectivity index (χ2v) is 5.67. The van der Waals surface area contributed by atoms with Crippen molar-refractivity contribution < 1.29 is 5.11 Å². The summed E-state index contributed by atoms with van der Waals surface area (Å²) in [5, 5.41) is 9.89. The third-order valence-electron chi connectivity index (χ3n) is 3.24. The van der Waals surface area contributed by atoms with Gasteiger partial charge in [-0.15, -0.1) is 0 Å². The van der Waals surface area contributed by atoms with Crippen LogP contribution in [0.2, 0.25) is 0 Å². The first kappa shape index (κ1) is 14.0. The molecule has 0 saturated carbocycles. The second-order valence-electron chi connectivity index (χ2n) is 4.66. The zero-order chi connectivity index (χ0) is 14.0. The highest BCUT2D eigenvalue weighted by atomic mass is 32.2. The summed E-state index contributed by atoms with van der Waals surface area (Å²) in [6.07, 6.45) is 0. The van der Waals surface area contributed by atoms with Gasteiger partial charge in [0.1, 0.15) is 0 Å². The standard InChI is InChI=1S/C15H18N2OS/c1-9-7-13(8-18)5-6-14(9)19-15-16-11(3)10(2)12(4)17-15/h5-7,18H,8H2,1-4H3. The molecule has 1 aromatic heterocycles. The van der Waals surface area contributed by atoms with Crippen molar-refractivity contribution in [3.63, 3.8) is 0 Å². The Morgan fingerprint density at radius 2 is 1.68 bits per heavy atom. The number of nitrogens with zero attached hydrogens (tertiary/aromatic N) is 2. The predicted molar refractivity (Wildman–Crippen MR) is 77.5 cm³/mol. The third-order valence-corrected chi connectivity index (χ3v) is 4.28. The number of hydrogen-bond donors (Lipinski definition) is 1. The molecule has 0 aliphatic heterocycles. The monoisotopic (exact) mass is 274 g/mol. The molecular weight excluding hydrogens is 256 g/mol. The fraction of sp³-hybridized carbons (Fsp3) is 0.333. The average molecular weight is 274 g/mol. The summed E-state index contributed by atoms with van der Waals surface area (Å²) in [6, 6.07) is 5.94. The lowest BCUT2D eigenvalue weighted by molar-refractivity contribution is 0.281. The molecule has 0 bridgehead atoms. The van der Waals surface area contributed by atoms with E-state index in [0.29, 0.717) is 0 Å². The summed E-state index contributed by atoms with van der Waals surface area (Å²) in [7, 11) is 0. The van der Waals surface area contributed by atoms with E-state index in [9.17, 15) is 0 Å². The number of aliphatic hydroxyl groups excluding tert-OH is 1. The Labute approximate surface area is 118 Å². The van der Waals surface area contributed by atoms with E-state index in [1.165, 1.54) is 0 Å². The summed E-state index contributed by atoms with van der Waals surface area (Å²) >= 11 is 1.57. The van der Waals surface area contributed by atoms with Gasteiger partial charge in [-0.05, 0) is 62.2 Å². The van der Waals surface area contributed by atoms with Gasteiger partial charge in [0.05, 0.1) is 6.61 Å². The Balaban J connectivity index is 2.31. The van der Waals surface area contributed by atoms with Crippen LogP contribution in [0, 0.1) is 27.7 Å². The molecule has 100 valence electrons. The summed E-state index contributed by atoms with van der Waals surface area (Å²) in [5.41, 5.74) is 5.27. The van der Waals surface area contributed by atoms with Crippen LogP contribution in [0.5, 0.6) is 0 Å². The van der Waals surface area contributed by atoms with E-state index in [1.54, 1.807) is 11.8 Å². The molecule has 0 radical (unpaired) electrons. The van der Waals surface area contributed by atoms with E-state index >= 15 is 0 Å². The van der Waals surface area contributed by atoms with Gasteiger partial charge in [0.25, 0.3) is 0 Å². The minimum absolute atomic E-state index is 0.0744. The molecule has 0 aliphatic rings. The highest BCUT2D eigenvalue weighted by Gasteiger charge is 2.08. The van der Waals surface area contributed by atoms with Crippen LogP contribution < -0.4 is 0 Å². The Kier molecular flexibility index (Phi) is 4.22. The quantitative estimate of drug-likeness (QED) is 0.872. The van der Waals surface area contributed by atoms with Gasteiger partial charge in [0.15, 0.2) is 5.16 Å². The van der Waals surface area contributed by atoms with Crippen molar-refractivity contribution >= 4 is 11.8 Å². The number of aromatic nitrogens is 2. The maximum Gasteiger partial charge on any atom is 0.192 e. The molecule has 1 aromatic carbocycles. The molecule has 4 heteroatoms. The van der Waals surface area contributed by atoms with Crippen molar-refractivity contribution in [2.45, 2.75) is 44.4 Å². The topological polar surface area (TPSA) is 46.0 Å². The van der Waals surface area contributed by atoms with Gasteiger partial charge in [-0.2, -0.15) is 0 Å². The van der Waals surface area contributed by atoms with E-state index in [0.717, 1.165) is 38.1 Å². The first-order valence-electron chi connectivity index (χ1n) is 6.21. The second kappa shape index (κ2) is 5.72. The van der Waals surface area contributed by atoms with Crippen LogP contribution in [0.15, 0.2) is 28.3 Å². The van der Waals surface area contributed by atoms with E-state index < -0.39 is 0 Å². The van der Waals surface area contributed by atoms with Crippen molar-refractivity contribution in [1.82, 2.24) is 9.97 Å². The van der Waals surface area contributed by atoms with Crippen molar-refractivity contribution in [2.24, 2.45) is 0 Å². The lowest BCUT2D eigenvalue weighted by atomic mass is 10.1. The van der Waals surface area contributed by atoms with Gasteiger partial charge in [0, 0.05) is 16.3 Å². The molecule has 3 nitrogen and oxygen atoms in total. The lowest BCUT2D eigenvalue weighted by Crippen LogP contribution is -1.98. The SMILES string of the molecule is Cc1cc(CO)ccc1Sc1nc(C)c(C)c(C)n1. The van der Waals surface area contributed by atoms with Gasteiger partial charge >= 0.3 is 0 Å². The largest absolute Gasteiger partial charge is 0.392 e. The molecule has 0 saturated heterocycles. The number of rotatable bonds is 3. The fourth-order valence-electron chi connectivity index (χ4n) is 1.81. The first-order chi connectivity index (χ1) is 9.01. The van der Waals surface area contributed by atoms with Gasteiger partial charge in [-0.25, -0.2) is 9.97 Å². The van der Waals surface area contributed by atoms with E-state index in [1.807, 2.05) is 45.9 Å². The molecule has 0 unspecified atom stereocenters. The molecule has 2 aromatic rings. The zero-order valence-corrected chi connectivity index (χ0v) is 12.5. The van der Waals surface area contributed by atoms with Crippen LogP contribution in [-0.4, -0.2) is 15.1 Å². The summed E-state index contributed by atoms with van der Waals surface area (Å²) in [4.78, 5) is 10.2. The Hall–Kier alpha value is -1.39. The normalized spacial score (nSPS) is 10.8. The molecule has 0 fully saturated rings. The van der Waals surface area contributed by atoms with E-state index in [2.05, 4.69) is 9.97 Å². The smallest absolute Gasteiger partial charge is 0.192 e. The number of hydrogen-bond acceptors (Lipinski definition) is 4. The van der Waals surface area contributed by atoms with Crippen LogP contribution in [0.4, 0.5) is 0 Å². The van der Waals surface area contributed by atoms with E-state index in [4.69, 9.17) is 5.11 Å². The molecule has 0 spiro atoms. The maximum atomic E-state index is 9.11. The molecule has 1 N–H and O–H groups in total. The minimum Gasteiger partial charge on any atom is -0.392 e. The Bertz CT molecular complexity index is 588. The molecule has 19 heavy (non-hydrogen) atoms. The van der Waals surface area contributed by atoms with Crippen LogP contribution in [0.3, 0.4) is 0 Å². The van der Waals surface area contributed by atoms with Crippen LogP contribution in [0.25, 0.3) is 0 Å². The first-order valence-corrected chi connectivity index (χ1v) is 7.03. The van der Waals surface area contributed by atoms with Crippen LogP contribution in [0.1, 0.15) is 28.1 Å². The number of aryl methyl sites for hydroxylation is 3. The van der Waals surface area contributed by atoms with Crippen molar-refractivity contribution in [1.29, 1.82) is 0 Å². The molecule has 0 aliphatic carbocycles. The van der Waals surface area contributed by atoms with Gasteiger partial charge in [-0.1, -0.05) is 12.1 Å². The molecule has 0 amide bonds. The van der Waals surface area contributed by atoms with Crippen LogP contribution >= 0.6 is 11.8 Å². The molecule has 0 atom stereocenters. The predicted octanol–water partition coefficient (Wildman–Crippen LogP) is 3.35. The molecule has 1 heterocycles. The summed E-state index contributed by atoms with van der Waals surface area (Å²) in [5.74, 6) is 0. The number of aliphatic hydroxyl groups is 1. The Morgan fingerprint density at radius 1 is 1.05 bits per heavy atom. The summed E-state index contributed by atoms with van der Waals surface area (Å²) < 4.78 is 0.